The average Bonchev–Trinajstić information content (AvgIpc) is 2.48. The Morgan fingerprint density at radius 1 is 1.33 bits per heavy atom. The highest BCUT2D eigenvalue weighted by molar-refractivity contribution is 5.90. The fourth-order valence-electron chi connectivity index (χ4n) is 1.63. The van der Waals surface area contributed by atoms with Crippen molar-refractivity contribution in [3.05, 3.63) is 47.9 Å². The first-order chi connectivity index (χ1) is 10.1. The number of para-hydroxylation sites is 2. The molecule has 0 bridgehead atoms. The van der Waals surface area contributed by atoms with Gasteiger partial charge in [0.15, 0.2) is 11.5 Å². The molecule has 0 saturated carbocycles. The molecule has 21 heavy (non-hydrogen) atoms. The van der Waals surface area contributed by atoms with Crippen LogP contribution in [0.1, 0.15) is 23.7 Å². The molecule has 110 valence electrons. The van der Waals surface area contributed by atoms with Crippen molar-refractivity contribution in [2.45, 2.75) is 13.3 Å². The highest BCUT2D eigenvalue weighted by Gasteiger charge is 2.16. The second-order valence-electron chi connectivity index (χ2n) is 4.21. The summed E-state index contributed by atoms with van der Waals surface area (Å²) in [6, 6.07) is 7.68. The molecule has 0 unspecified atom stereocenters. The molecule has 1 aromatic carbocycles. The summed E-state index contributed by atoms with van der Waals surface area (Å²) in [5.41, 5.74) is -0.347. The Kier molecular flexibility index (Phi) is 4.71. The highest BCUT2D eigenvalue weighted by Crippen LogP contribution is 2.32. The van der Waals surface area contributed by atoms with Crippen molar-refractivity contribution >= 4 is 5.97 Å². The molecule has 0 fully saturated rings. The van der Waals surface area contributed by atoms with E-state index in [4.69, 9.17) is 14.6 Å². The molecule has 0 saturated heterocycles. The number of benzene rings is 1. The number of rotatable bonds is 6. The third kappa shape index (κ3) is 3.68. The summed E-state index contributed by atoms with van der Waals surface area (Å²) in [4.78, 5) is 14.8. The van der Waals surface area contributed by atoms with Gasteiger partial charge in [0.05, 0.1) is 12.8 Å². The molecule has 0 spiro atoms. The zero-order valence-corrected chi connectivity index (χ0v) is 11.4. The van der Waals surface area contributed by atoms with Crippen molar-refractivity contribution < 1.29 is 23.8 Å². The highest BCUT2D eigenvalue weighted by atomic mass is 19.1. The number of carbonyl (C=O) groups is 1. The average molecular weight is 291 g/mol. The van der Waals surface area contributed by atoms with Crippen LogP contribution in [0.4, 0.5) is 4.39 Å². The predicted molar refractivity (Wildman–Crippen MR) is 73.5 cm³/mol. The number of hydrogen-bond donors (Lipinski definition) is 1. The van der Waals surface area contributed by atoms with Crippen molar-refractivity contribution in [1.29, 1.82) is 0 Å². The first kappa shape index (κ1) is 14.8. The van der Waals surface area contributed by atoms with Gasteiger partial charge >= 0.3 is 5.97 Å². The Labute approximate surface area is 121 Å². The van der Waals surface area contributed by atoms with Crippen molar-refractivity contribution in [1.82, 2.24) is 4.98 Å². The fraction of sp³-hybridized carbons (Fsp3) is 0.200. The first-order valence-corrected chi connectivity index (χ1v) is 6.40. The maximum atomic E-state index is 13.1. The summed E-state index contributed by atoms with van der Waals surface area (Å²) in [7, 11) is 0. The van der Waals surface area contributed by atoms with E-state index in [9.17, 15) is 9.18 Å². The molecular weight excluding hydrogens is 277 g/mol. The Bertz CT molecular complexity index is 645. The summed E-state index contributed by atoms with van der Waals surface area (Å²) in [5, 5.41) is 9.06. The van der Waals surface area contributed by atoms with Gasteiger partial charge in [0.2, 0.25) is 5.88 Å². The quantitative estimate of drug-likeness (QED) is 0.882. The van der Waals surface area contributed by atoms with Crippen molar-refractivity contribution in [3.8, 4) is 17.4 Å². The number of halogens is 1. The van der Waals surface area contributed by atoms with Crippen molar-refractivity contribution in [3.63, 3.8) is 0 Å². The summed E-state index contributed by atoms with van der Waals surface area (Å²) in [6.07, 6.45) is 1.72. The molecule has 2 aromatic rings. The van der Waals surface area contributed by atoms with Crippen LogP contribution in [0.2, 0.25) is 0 Å². The topological polar surface area (TPSA) is 68.7 Å². The second kappa shape index (κ2) is 6.69. The molecule has 6 heteroatoms. The van der Waals surface area contributed by atoms with Crippen LogP contribution in [0.5, 0.6) is 17.4 Å². The number of aromatic nitrogens is 1. The number of nitrogens with zero attached hydrogens (tertiary/aromatic N) is 1. The SMILES string of the molecule is CCCOc1ccccc1Oc1ncc(F)cc1C(=O)O. The number of hydrogen-bond acceptors (Lipinski definition) is 4. The monoisotopic (exact) mass is 291 g/mol. The molecule has 0 radical (unpaired) electrons. The maximum Gasteiger partial charge on any atom is 0.341 e. The van der Waals surface area contributed by atoms with Crippen LogP contribution in [0.25, 0.3) is 0 Å². The lowest BCUT2D eigenvalue weighted by atomic mass is 10.2. The van der Waals surface area contributed by atoms with E-state index in [1.807, 2.05) is 6.92 Å². The molecule has 0 aliphatic rings. The van der Waals surface area contributed by atoms with E-state index in [1.54, 1.807) is 24.3 Å². The normalized spacial score (nSPS) is 10.2. The third-order valence-electron chi connectivity index (χ3n) is 2.57. The van der Waals surface area contributed by atoms with E-state index in [-0.39, 0.29) is 11.4 Å². The van der Waals surface area contributed by atoms with Crippen LogP contribution in [0, 0.1) is 5.82 Å². The van der Waals surface area contributed by atoms with Gasteiger partial charge in [-0.05, 0) is 24.6 Å². The summed E-state index contributed by atoms with van der Waals surface area (Å²) < 4.78 is 24.1. The summed E-state index contributed by atoms with van der Waals surface area (Å²) in [6.45, 7) is 2.47. The minimum atomic E-state index is -1.32. The summed E-state index contributed by atoms with van der Waals surface area (Å²) >= 11 is 0. The van der Waals surface area contributed by atoms with Crippen LogP contribution in [0.3, 0.4) is 0 Å². The zero-order valence-electron chi connectivity index (χ0n) is 11.4. The first-order valence-electron chi connectivity index (χ1n) is 6.40. The van der Waals surface area contributed by atoms with E-state index in [1.165, 1.54) is 0 Å². The molecular formula is C15H14FNO4. The van der Waals surface area contributed by atoms with Gasteiger partial charge in [-0.1, -0.05) is 19.1 Å². The van der Waals surface area contributed by atoms with E-state index in [0.29, 0.717) is 18.1 Å². The largest absolute Gasteiger partial charge is 0.490 e. The smallest absolute Gasteiger partial charge is 0.341 e. The fourth-order valence-corrected chi connectivity index (χ4v) is 1.63. The van der Waals surface area contributed by atoms with Gasteiger partial charge in [-0.15, -0.1) is 0 Å². The van der Waals surface area contributed by atoms with E-state index in [2.05, 4.69) is 4.98 Å². The van der Waals surface area contributed by atoms with Gasteiger partial charge < -0.3 is 14.6 Å². The van der Waals surface area contributed by atoms with Gasteiger partial charge in [-0.3, -0.25) is 0 Å². The molecule has 1 heterocycles. The molecule has 1 aromatic heterocycles. The van der Waals surface area contributed by atoms with Crippen LogP contribution in [0.15, 0.2) is 36.5 Å². The molecule has 0 atom stereocenters. The number of carboxylic acid groups (broad SMARTS) is 1. The van der Waals surface area contributed by atoms with Gasteiger partial charge in [0, 0.05) is 0 Å². The van der Waals surface area contributed by atoms with Crippen molar-refractivity contribution in [2.24, 2.45) is 0 Å². The van der Waals surface area contributed by atoms with Gasteiger partial charge in [0.25, 0.3) is 0 Å². The van der Waals surface area contributed by atoms with Gasteiger partial charge in [-0.25, -0.2) is 14.2 Å². The Hall–Kier alpha value is -2.63. The minimum absolute atomic E-state index is 0.184. The van der Waals surface area contributed by atoms with E-state index < -0.39 is 11.8 Å². The lowest BCUT2D eigenvalue weighted by molar-refractivity contribution is 0.0692. The molecule has 2 rings (SSSR count). The van der Waals surface area contributed by atoms with Crippen LogP contribution in [-0.2, 0) is 0 Å². The van der Waals surface area contributed by atoms with Gasteiger partial charge in [0.1, 0.15) is 11.4 Å². The number of carboxylic acids is 1. The second-order valence-corrected chi connectivity index (χ2v) is 4.21. The number of pyridine rings is 1. The molecule has 5 nitrogen and oxygen atoms in total. The van der Waals surface area contributed by atoms with E-state index >= 15 is 0 Å². The third-order valence-corrected chi connectivity index (χ3v) is 2.57. The van der Waals surface area contributed by atoms with Crippen LogP contribution >= 0.6 is 0 Å². The molecule has 1 N–H and O–H groups in total. The lowest BCUT2D eigenvalue weighted by Crippen LogP contribution is -2.04. The number of ether oxygens (including phenoxy) is 2. The lowest BCUT2D eigenvalue weighted by Gasteiger charge is -2.12. The predicted octanol–water partition coefficient (Wildman–Crippen LogP) is 3.50. The standard InChI is InChI=1S/C15H14FNO4/c1-2-7-20-12-5-3-4-6-13(12)21-14-11(15(18)19)8-10(16)9-17-14/h3-6,8-9H,2,7H2,1H3,(H,18,19). The Balaban J connectivity index is 2.32. The molecule has 0 amide bonds. The summed E-state index contributed by atoms with van der Waals surface area (Å²) in [5.74, 6) is -1.44. The molecule has 0 aliphatic heterocycles. The van der Waals surface area contributed by atoms with Crippen LogP contribution in [-0.4, -0.2) is 22.7 Å². The Morgan fingerprint density at radius 2 is 2.05 bits per heavy atom. The maximum absolute atomic E-state index is 13.1. The zero-order chi connectivity index (χ0) is 15.2. The van der Waals surface area contributed by atoms with Gasteiger partial charge in [-0.2, -0.15) is 0 Å². The minimum Gasteiger partial charge on any atom is -0.490 e. The number of aromatic carboxylic acids is 1. The van der Waals surface area contributed by atoms with Crippen molar-refractivity contribution in [2.75, 3.05) is 6.61 Å². The van der Waals surface area contributed by atoms with E-state index in [0.717, 1.165) is 18.7 Å². The molecule has 0 aliphatic carbocycles. The Morgan fingerprint density at radius 3 is 2.71 bits per heavy atom. The van der Waals surface area contributed by atoms with Crippen LogP contribution < -0.4 is 9.47 Å².